The van der Waals surface area contributed by atoms with Gasteiger partial charge in [-0.25, -0.2) is 0 Å². The predicted molar refractivity (Wildman–Crippen MR) is 87.7 cm³/mol. The maximum absolute atomic E-state index is 11.4. The first-order valence-corrected chi connectivity index (χ1v) is 7.84. The van der Waals surface area contributed by atoms with Crippen LogP contribution in [0.25, 0.3) is 0 Å². The van der Waals surface area contributed by atoms with Gasteiger partial charge in [-0.1, -0.05) is 0 Å². The Balaban J connectivity index is 2.50. The maximum Gasteiger partial charge on any atom is 0.257 e. The third-order valence-corrected chi connectivity index (χ3v) is 3.09. The van der Waals surface area contributed by atoms with Crippen molar-refractivity contribution in [3.8, 4) is 5.75 Å². The lowest BCUT2D eigenvalue weighted by Crippen LogP contribution is -2.32. The molecule has 0 saturated heterocycles. The van der Waals surface area contributed by atoms with Gasteiger partial charge < -0.3 is 20.7 Å². The molecular formula is C14H21Cl2N3O2. The van der Waals surface area contributed by atoms with Crippen LogP contribution in [0.1, 0.15) is 0 Å². The van der Waals surface area contributed by atoms with Crippen LogP contribution in [0.3, 0.4) is 0 Å². The number of halogens is 2. The predicted octanol–water partition coefficient (Wildman–Crippen LogP) is 1.42. The van der Waals surface area contributed by atoms with E-state index in [1.807, 2.05) is 24.3 Å². The van der Waals surface area contributed by atoms with Crippen LogP contribution in [0.5, 0.6) is 5.75 Å². The quantitative estimate of drug-likeness (QED) is 0.635. The molecular weight excluding hydrogens is 313 g/mol. The highest BCUT2D eigenvalue weighted by Gasteiger charge is 2.06. The van der Waals surface area contributed by atoms with E-state index in [0.29, 0.717) is 30.6 Å². The molecule has 1 aromatic rings. The summed E-state index contributed by atoms with van der Waals surface area (Å²) in [5.74, 6) is 1.53. The van der Waals surface area contributed by atoms with Crippen LogP contribution in [-0.4, -0.2) is 50.5 Å². The van der Waals surface area contributed by atoms with Crippen molar-refractivity contribution in [1.82, 2.24) is 5.32 Å². The molecule has 118 valence electrons. The third kappa shape index (κ3) is 6.89. The first-order valence-electron chi connectivity index (χ1n) is 6.77. The van der Waals surface area contributed by atoms with Gasteiger partial charge in [0.25, 0.3) is 5.91 Å². The largest absolute Gasteiger partial charge is 0.484 e. The van der Waals surface area contributed by atoms with Crippen molar-refractivity contribution in [1.29, 1.82) is 0 Å². The maximum atomic E-state index is 11.4. The van der Waals surface area contributed by atoms with E-state index in [0.717, 1.165) is 18.8 Å². The molecule has 0 aliphatic heterocycles. The second-order valence-corrected chi connectivity index (χ2v) is 5.04. The van der Waals surface area contributed by atoms with Gasteiger partial charge in [-0.05, 0) is 24.3 Å². The van der Waals surface area contributed by atoms with Gasteiger partial charge in [-0.15, -0.1) is 23.2 Å². The third-order valence-electron chi connectivity index (χ3n) is 2.75. The molecule has 0 radical (unpaired) electrons. The monoisotopic (exact) mass is 333 g/mol. The Labute approximate surface area is 135 Å². The molecule has 1 amide bonds. The zero-order chi connectivity index (χ0) is 15.5. The Morgan fingerprint density at radius 3 is 2.33 bits per heavy atom. The summed E-state index contributed by atoms with van der Waals surface area (Å²) in [6, 6.07) is 7.49. The Bertz CT molecular complexity index is 409. The number of nitrogens with one attached hydrogen (secondary N) is 1. The average Bonchev–Trinajstić information content (AvgIpc) is 2.51. The van der Waals surface area contributed by atoms with Gasteiger partial charge >= 0.3 is 0 Å². The summed E-state index contributed by atoms with van der Waals surface area (Å²) in [6.45, 7) is 2.31. The van der Waals surface area contributed by atoms with Crippen LogP contribution in [0.2, 0.25) is 0 Å². The highest BCUT2D eigenvalue weighted by molar-refractivity contribution is 6.18. The molecule has 3 N–H and O–H groups in total. The van der Waals surface area contributed by atoms with Crippen LogP contribution in [0.4, 0.5) is 5.69 Å². The summed E-state index contributed by atoms with van der Waals surface area (Å²) >= 11 is 11.6. The summed E-state index contributed by atoms with van der Waals surface area (Å²) in [6.07, 6.45) is 0. The van der Waals surface area contributed by atoms with E-state index in [9.17, 15) is 4.79 Å². The first-order chi connectivity index (χ1) is 10.2. The van der Waals surface area contributed by atoms with Gasteiger partial charge in [0.1, 0.15) is 5.75 Å². The van der Waals surface area contributed by atoms with Gasteiger partial charge in [0.15, 0.2) is 6.61 Å². The number of rotatable bonds is 10. The van der Waals surface area contributed by atoms with E-state index < -0.39 is 0 Å². The Kier molecular flexibility index (Phi) is 8.98. The summed E-state index contributed by atoms with van der Waals surface area (Å²) < 4.78 is 5.40. The molecule has 21 heavy (non-hydrogen) atoms. The van der Waals surface area contributed by atoms with Crippen LogP contribution in [-0.2, 0) is 4.79 Å². The zero-order valence-corrected chi connectivity index (χ0v) is 13.4. The zero-order valence-electron chi connectivity index (χ0n) is 11.9. The van der Waals surface area contributed by atoms with Crippen molar-refractivity contribution in [3.05, 3.63) is 24.3 Å². The number of anilines is 1. The number of ether oxygens (including phenoxy) is 1. The fourth-order valence-corrected chi connectivity index (χ4v) is 2.15. The summed E-state index contributed by atoms with van der Waals surface area (Å²) in [7, 11) is 0. The van der Waals surface area contributed by atoms with E-state index >= 15 is 0 Å². The number of benzene rings is 1. The molecule has 0 saturated carbocycles. The lowest BCUT2D eigenvalue weighted by atomic mass is 10.2. The van der Waals surface area contributed by atoms with Crippen LogP contribution < -0.4 is 20.7 Å². The number of alkyl halides is 2. The second kappa shape index (κ2) is 10.5. The molecule has 0 bridgehead atoms. The van der Waals surface area contributed by atoms with E-state index in [1.165, 1.54) is 0 Å². The van der Waals surface area contributed by atoms with Gasteiger partial charge in [0, 0.05) is 43.6 Å². The van der Waals surface area contributed by atoms with Crippen LogP contribution in [0, 0.1) is 0 Å². The highest BCUT2D eigenvalue weighted by atomic mass is 35.5. The van der Waals surface area contributed by atoms with Crippen molar-refractivity contribution >= 4 is 34.8 Å². The van der Waals surface area contributed by atoms with Crippen LogP contribution in [0.15, 0.2) is 24.3 Å². The van der Waals surface area contributed by atoms with E-state index in [4.69, 9.17) is 33.7 Å². The summed E-state index contributed by atoms with van der Waals surface area (Å²) in [4.78, 5) is 13.5. The number of carbonyl (C=O) groups excluding carboxylic acids is 1. The fraction of sp³-hybridized carbons (Fsp3) is 0.500. The van der Waals surface area contributed by atoms with E-state index in [2.05, 4.69) is 10.2 Å². The number of hydrogen-bond donors (Lipinski definition) is 2. The second-order valence-electron chi connectivity index (χ2n) is 4.29. The standard InChI is InChI=1S/C14H21Cl2N3O2/c15-5-9-19(10-6-16)12-1-3-13(4-2-12)21-11-14(20)18-8-7-17/h1-4H,5-11,17H2,(H,18,20). The molecule has 0 heterocycles. The fourth-order valence-electron chi connectivity index (χ4n) is 1.74. The Morgan fingerprint density at radius 1 is 1.19 bits per heavy atom. The van der Waals surface area contributed by atoms with Crippen molar-refractivity contribution in [3.63, 3.8) is 0 Å². The topological polar surface area (TPSA) is 67.6 Å². The Hall–Kier alpha value is -1.17. The van der Waals surface area contributed by atoms with Crippen molar-refractivity contribution in [2.24, 2.45) is 5.73 Å². The number of hydrogen-bond acceptors (Lipinski definition) is 4. The SMILES string of the molecule is NCCNC(=O)COc1ccc(N(CCCl)CCCl)cc1. The smallest absolute Gasteiger partial charge is 0.257 e. The Morgan fingerprint density at radius 2 is 1.81 bits per heavy atom. The highest BCUT2D eigenvalue weighted by Crippen LogP contribution is 2.19. The molecule has 7 heteroatoms. The normalized spacial score (nSPS) is 10.2. The van der Waals surface area contributed by atoms with Crippen LogP contribution >= 0.6 is 23.2 Å². The van der Waals surface area contributed by atoms with Crippen molar-refractivity contribution in [2.45, 2.75) is 0 Å². The minimum absolute atomic E-state index is 0.0214. The lowest BCUT2D eigenvalue weighted by molar-refractivity contribution is -0.123. The van der Waals surface area contributed by atoms with Gasteiger partial charge in [-0.2, -0.15) is 0 Å². The molecule has 0 aliphatic carbocycles. The number of nitrogens with zero attached hydrogens (tertiary/aromatic N) is 1. The van der Waals surface area contributed by atoms with Gasteiger partial charge in [0.05, 0.1) is 0 Å². The van der Waals surface area contributed by atoms with Gasteiger partial charge in [-0.3, -0.25) is 4.79 Å². The molecule has 1 aromatic carbocycles. The molecule has 5 nitrogen and oxygen atoms in total. The lowest BCUT2D eigenvalue weighted by Gasteiger charge is -2.23. The number of carbonyl (C=O) groups is 1. The van der Waals surface area contributed by atoms with E-state index in [1.54, 1.807) is 0 Å². The molecule has 1 rings (SSSR count). The molecule has 0 fully saturated rings. The molecule has 0 atom stereocenters. The minimum Gasteiger partial charge on any atom is -0.484 e. The van der Waals surface area contributed by atoms with Crippen molar-refractivity contribution in [2.75, 3.05) is 49.4 Å². The molecule has 0 aromatic heterocycles. The van der Waals surface area contributed by atoms with Gasteiger partial charge in [0.2, 0.25) is 0 Å². The summed E-state index contributed by atoms with van der Waals surface area (Å²) in [5.41, 5.74) is 6.32. The minimum atomic E-state index is -0.185. The number of amides is 1. The molecule has 0 unspecified atom stereocenters. The van der Waals surface area contributed by atoms with Crippen molar-refractivity contribution < 1.29 is 9.53 Å². The average molecular weight is 334 g/mol. The molecule has 0 aliphatic rings. The summed E-state index contributed by atoms with van der Waals surface area (Å²) in [5, 5.41) is 2.64. The van der Waals surface area contributed by atoms with E-state index in [-0.39, 0.29) is 12.5 Å². The first kappa shape index (κ1) is 17.9. The molecule has 0 spiro atoms. The number of nitrogens with two attached hydrogens (primary N) is 1.